The molecule has 10 heteroatoms. The Labute approximate surface area is 184 Å². The van der Waals surface area contributed by atoms with Gasteiger partial charge in [0.1, 0.15) is 10.9 Å². The minimum atomic E-state index is -3.67. The molecule has 0 unspecified atom stereocenters. The molecule has 1 fully saturated rings. The fraction of sp³-hybridized carbons (Fsp3) is 0.238. The molecule has 0 bridgehead atoms. The van der Waals surface area contributed by atoms with Crippen LogP contribution in [-0.2, 0) is 10.0 Å². The van der Waals surface area contributed by atoms with E-state index in [-0.39, 0.29) is 42.2 Å². The van der Waals surface area contributed by atoms with Gasteiger partial charge in [-0.15, -0.1) is 0 Å². The molecule has 162 valence electrons. The molecule has 0 spiro atoms. The number of rotatable bonds is 3. The third-order valence-corrected chi connectivity index (χ3v) is 7.36. The summed E-state index contributed by atoms with van der Waals surface area (Å²) in [6.07, 6.45) is 0. The van der Waals surface area contributed by atoms with Gasteiger partial charge in [0.25, 0.3) is 5.91 Å². The van der Waals surface area contributed by atoms with E-state index in [4.69, 9.17) is 16.0 Å². The molecule has 0 atom stereocenters. The molecule has 0 saturated carbocycles. The molecule has 1 amide bonds. The van der Waals surface area contributed by atoms with E-state index < -0.39 is 15.9 Å². The van der Waals surface area contributed by atoms with E-state index >= 15 is 0 Å². The summed E-state index contributed by atoms with van der Waals surface area (Å²) in [7, 11) is -3.67. The van der Waals surface area contributed by atoms with E-state index in [2.05, 4.69) is 5.16 Å². The highest BCUT2D eigenvalue weighted by Gasteiger charge is 2.31. The smallest absolute Gasteiger partial charge is 0.289 e. The number of carbonyl (C=O) groups is 1. The molecule has 1 saturated heterocycles. The van der Waals surface area contributed by atoms with Crippen LogP contribution in [-0.4, -0.2) is 54.9 Å². The Kier molecular flexibility index (Phi) is 5.74. The summed E-state index contributed by atoms with van der Waals surface area (Å²) < 4.78 is 32.8. The summed E-state index contributed by atoms with van der Waals surface area (Å²) in [4.78, 5) is 14.7. The highest BCUT2D eigenvalue weighted by atomic mass is 35.5. The summed E-state index contributed by atoms with van der Waals surface area (Å²) in [5, 5.41) is 13.9. The van der Waals surface area contributed by atoms with Gasteiger partial charge in [-0.05, 0) is 48.9 Å². The zero-order valence-corrected chi connectivity index (χ0v) is 18.2. The molecule has 1 N–H and O–H groups in total. The minimum absolute atomic E-state index is 0.0277. The van der Waals surface area contributed by atoms with Gasteiger partial charge in [0.2, 0.25) is 10.0 Å². The Morgan fingerprint density at radius 2 is 1.74 bits per heavy atom. The SMILES string of the molecule is Cc1ccc2/c(=N\O)cc(C(=O)N3CCN(S(=O)(=O)c4ccc(Cl)cc4)CC3)oc2c1. The quantitative estimate of drug-likeness (QED) is 0.477. The Hall–Kier alpha value is -2.88. The van der Waals surface area contributed by atoms with Gasteiger partial charge in [0, 0.05) is 42.7 Å². The maximum atomic E-state index is 13.0. The van der Waals surface area contributed by atoms with Crippen LogP contribution < -0.4 is 5.36 Å². The number of fused-ring (bicyclic) bond motifs is 1. The molecule has 0 aliphatic carbocycles. The van der Waals surface area contributed by atoms with E-state index in [9.17, 15) is 18.4 Å². The van der Waals surface area contributed by atoms with E-state index in [0.717, 1.165) is 5.56 Å². The van der Waals surface area contributed by atoms with Gasteiger partial charge in [-0.25, -0.2) is 8.42 Å². The number of benzene rings is 2. The highest BCUT2D eigenvalue weighted by molar-refractivity contribution is 7.89. The van der Waals surface area contributed by atoms with Crippen LogP contribution in [0, 0.1) is 6.92 Å². The van der Waals surface area contributed by atoms with Crippen molar-refractivity contribution in [1.29, 1.82) is 0 Å². The fourth-order valence-corrected chi connectivity index (χ4v) is 5.05. The largest absolute Gasteiger partial charge is 0.451 e. The molecule has 0 radical (unpaired) electrons. The number of sulfonamides is 1. The van der Waals surface area contributed by atoms with Crippen molar-refractivity contribution in [2.75, 3.05) is 26.2 Å². The average Bonchev–Trinajstić information content (AvgIpc) is 2.78. The van der Waals surface area contributed by atoms with Crippen LogP contribution in [0.4, 0.5) is 0 Å². The van der Waals surface area contributed by atoms with Gasteiger partial charge in [-0.2, -0.15) is 4.31 Å². The number of halogens is 1. The first-order valence-electron chi connectivity index (χ1n) is 9.57. The first kappa shape index (κ1) is 21.4. The van der Waals surface area contributed by atoms with Crippen LogP contribution in [0.1, 0.15) is 16.1 Å². The Morgan fingerprint density at radius 1 is 1.06 bits per heavy atom. The molecule has 3 aromatic rings. The van der Waals surface area contributed by atoms with E-state index in [1.165, 1.54) is 39.5 Å². The number of piperazine rings is 1. The van der Waals surface area contributed by atoms with Crippen molar-refractivity contribution in [3.8, 4) is 0 Å². The maximum absolute atomic E-state index is 13.0. The highest BCUT2D eigenvalue weighted by Crippen LogP contribution is 2.21. The summed E-state index contributed by atoms with van der Waals surface area (Å²) in [6.45, 7) is 2.61. The predicted molar refractivity (Wildman–Crippen MR) is 114 cm³/mol. The van der Waals surface area contributed by atoms with Crippen LogP contribution in [0.3, 0.4) is 0 Å². The number of carbonyl (C=O) groups excluding carboxylic acids is 1. The average molecular weight is 462 g/mol. The van der Waals surface area contributed by atoms with Gasteiger partial charge < -0.3 is 14.5 Å². The monoisotopic (exact) mass is 461 g/mol. The first-order chi connectivity index (χ1) is 14.8. The Morgan fingerprint density at radius 3 is 2.39 bits per heavy atom. The zero-order valence-electron chi connectivity index (χ0n) is 16.7. The summed E-state index contributed by atoms with van der Waals surface area (Å²) in [5.74, 6) is -0.364. The molecule has 31 heavy (non-hydrogen) atoms. The molecule has 4 rings (SSSR count). The van der Waals surface area contributed by atoms with Crippen molar-refractivity contribution in [2.24, 2.45) is 5.16 Å². The van der Waals surface area contributed by atoms with Gasteiger partial charge in [0.15, 0.2) is 5.76 Å². The fourth-order valence-electron chi connectivity index (χ4n) is 3.51. The summed E-state index contributed by atoms with van der Waals surface area (Å²) >= 11 is 5.84. The molecular formula is C21H20ClN3O5S. The second-order valence-electron chi connectivity index (χ2n) is 7.25. The van der Waals surface area contributed by atoms with Gasteiger partial charge >= 0.3 is 0 Å². The third-order valence-electron chi connectivity index (χ3n) is 5.20. The number of hydrogen-bond acceptors (Lipinski definition) is 6. The van der Waals surface area contributed by atoms with Crippen LogP contribution in [0.5, 0.6) is 0 Å². The summed E-state index contributed by atoms with van der Waals surface area (Å²) in [5.41, 5.74) is 1.37. The Balaban J connectivity index is 1.54. The number of nitrogens with zero attached hydrogens (tertiary/aromatic N) is 3. The lowest BCUT2D eigenvalue weighted by atomic mass is 10.1. The van der Waals surface area contributed by atoms with Crippen LogP contribution in [0.25, 0.3) is 11.0 Å². The lowest BCUT2D eigenvalue weighted by Gasteiger charge is -2.33. The van der Waals surface area contributed by atoms with Crippen LogP contribution >= 0.6 is 11.6 Å². The molecule has 1 aliphatic heterocycles. The molecule has 1 aliphatic rings. The van der Waals surface area contributed by atoms with E-state index in [1.807, 2.05) is 13.0 Å². The maximum Gasteiger partial charge on any atom is 0.289 e. The minimum Gasteiger partial charge on any atom is -0.451 e. The number of amides is 1. The normalized spacial score (nSPS) is 16.1. The first-order valence-corrected chi connectivity index (χ1v) is 11.4. The second-order valence-corrected chi connectivity index (χ2v) is 9.62. The lowest BCUT2D eigenvalue weighted by Crippen LogP contribution is -2.50. The number of aryl methyl sites for hydroxylation is 1. The van der Waals surface area contributed by atoms with E-state index in [1.54, 1.807) is 12.1 Å². The Bertz CT molecular complexity index is 1310. The van der Waals surface area contributed by atoms with Crippen molar-refractivity contribution in [3.63, 3.8) is 0 Å². The predicted octanol–water partition coefficient (Wildman–Crippen LogP) is 2.83. The second kappa shape index (κ2) is 8.33. The van der Waals surface area contributed by atoms with Crippen LogP contribution in [0.15, 0.2) is 63.0 Å². The molecule has 8 nitrogen and oxygen atoms in total. The molecular weight excluding hydrogens is 442 g/mol. The van der Waals surface area contributed by atoms with Crippen molar-refractivity contribution >= 4 is 38.5 Å². The van der Waals surface area contributed by atoms with E-state index in [0.29, 0.717) is 16.0 Å². The summed E-state index contributed by atoms with van der Waals surface area (Å²) in [6, 6.07) is 12.7. The lowest BCUT2D eigenvalue weighted by molar-refractivity contribution is 0.0666. The molecule has 2 heterocycles. The van der Waals surface area contributed by atoms with Crippen molar-refractivity contribution in [2.45, 2.75) is 11.8 Å². The van der Waals surface area contributed by atoms with Crippen molar-refractivity contribution in [3.05, 3.63) is 70.2 Å². The zero-order chi connectivity index (χ0) is 22.2. The van der Waals surface area contributed by atoms with Crippen LogP contribution in [0.2, 0.25) is 5.02 Å². The van der Waals surface area contributed by atoms with Gasteiger partial charge in [-0.3, -0.25) is 4.79 Å². The third kappa shape index (κ3) is 4.16. The van der Waals surface area contributed by atoms with Gasteiger partial charge in [-0.1, -0.05) is 22.8 Å². The standard InChI is InChI=1S/C21H20ClN3O5S/c1-14-2-7-17-18(23-27)13-20(30-19(17)12-14)21(26)24-8-10-25(11-9-24)31(28,29)16-5-3-15(22)4-6-16/h2-7,12-13,27H,8-11H2,1H3/b23-18-. The van der Waals surface area contributed by atoms with Crippen molar-refractivity contribution < 1.29 is 22.8 Å². The molecule has 2 aromatic carbocycles. The van der Waals surface area contributed by atoms with Crippen molar-refractivity contribution in [1.82, 2.24) is 9.21 Å². The van der Waals surface area contributed by atoms with Gasteiger partial charge in [0.05, 0.1) is 4.90 Å². The number of hydrogen-bond donors (Lipinski definition) is 1. The topological polar surface area (TPSA) is 103 Å². The molecule has 1 aromatic heterocycles.